The largest absolute Gasteiger partial charge is 0.309 e. The zero-order chi connectivity index (χ0) is 39.3. The third-order valence-electron chi connectivity index (χ3n) is 12.9. The van der Waals surface area contributed by atoms with E-state index in [0.29, 0.717) is 0 Å². The van der Waals surface area contributed by atoms with Gasteiger partial charge in [-0.1, -0.05) is 152 Å². The quantitative estimate of drug-likeness (QED) is 0.165. The Morgan fingerprint density at radius 2 is 0.667 bits per heavy atom. The molecule has 2 nitrogen and oxygen atoms in total. The van der Waals surface area contributed by atoms with E-state index in [1.165, 1.54) is 110 Å². The molecule has 13 rings (SSSR count). The number of hydrogen-bond acceptors (Lipinski definition) is 0. The predicted molar refractivity (Wildman–Crippen MR) is 253 cm³/mol. The maximum absolute atomic E-state index is 2.44. The first-order valence-corrected chi connectivity index (χ1v) is 20.8. The third-order valence-corrected chi connectivity index (χ3v) is 12.9. The first-order valence-electron chi connectivity index (χ1n) is 20.8. The summed E-state index contributed by atoms with van der Waals surface area (Å²) in [4.78, 5) is 0. The molecule has 1 aliphatic carbocycles. The van der Waals surface area contributed by atoms with Crippen molar-refractivity contribution in [2.45, 2.75) is 0 Å². The Balaban J connectivity index is 0.961. The van der Waals surface area contributed by atoms with E-state index in [4.69, 9.17) is 0 Å². The molecule has 2 aromatic heterocycles. The highest BCUT2D eigenvalue weighted by atomic mass is 15.0. The smallest absolute Gasteiger partial charge is 0.0541 e. The summed E-state index contributed by atoms with van der Waals surface area (Å²) >= 11 is 0. The van der Waals surface area contributed by atoms with Crippen LogP contribution in [-0.4, -0.2) is 9.13 Å². The summed E-state index contributed by atoms with van der Waals surface area (Å²) in [5.74, 6) is 0. The first kappa shape index (κ1) is 33.1. The summed E-state index contributed by atoms with van der Waals surface area (Å²) in [7, 11) is 0. The lowest BCUT2D eigenvalue weighted by atomic mass is 9.94. The number of aromatic nitrogens is 2. The van der Waals surface area contributed by atoms with E-state index in [2.05, 4.69) is 228 Å². The molecule has 0 aliphatic heterocycles. The molecule has 0 atom stereocenters. The monoisotopic (exact) mass is 760 g/mol. The van der Waals surface area contributed by atoms with Crippen molar-refractivity contribution in [3.63, 3.8) is 0 Å². The molecule has 0 unspecified atom stereocenters. The van der Waals surface area contributed by atoms with Gasteiger partial charge < -0.3 is 9.13 Å². The molecule has 278 valence electrons. The molecule has 0 amide bonds. The third kappa shape index (κ3) is 4.82. The topological polar surface area (TPSA) is 9.86 Å². The zero-order valence-electron chi connectivity index (χ0n) is 32.7. The summed E-state index contributed by atoms with van der Waals surface area (Å²) in [5.41, 5.74) is 19.7. The Morgan fingerprint density at radius 3 is 1.37 bits per heavy atom. The lowest BCUT2D eigenvalue weighted by Crippen LogP contribution is -1.94. The van der Waals surface area contributed by atoms with Crippen molar-refractivity contribution in [3.05, 3.63) is 218 Å². The van der Waals surface area contributed by atoms with Gasteiger partial charge in [-0.2, -0.15) is 0 Å². The van der Waals surface area contributed by atoms with Crippen LogP contribution in [0.2, 0.25) is 0 Å². The van der Waals surface area contributed by atoms with Gasteiger partial charge in [0.1, 0.15) is 0 Å². The van der Waals surface area contributed by atoms with E-state index in [1.54, 1.807) is 0 Å². The fourth-order valence-electron chi connectivity index (χ4n) is 10.2. The van der Waals surface area contributed by atoms with Crippen molar-refractivity contribution in [2.24, 2.45) is 0 Å². The van der Waals surface area contributed by atoms with E-state index < -0.39 is 0 Å². The lowest BCUT2D eigenvalue weighted by Gasteiger charge is -2.13. The second kappa shape index (κ2) is 12.8. The molecule has 0 radical (unpaired) electrons. The van der Waals surface area contributed by atoms with Gasteiger partial charge >= 0.3 is 0 Å². The van der Waals surface area contributed by atoms with Gasteiger partial charge in [-0.15, -0.1) is 0 Å². The van der Waals surface area contributed by atoms with Crippen LogP contribution in [-0.2, 0) is 0 Å². The van der Waals surface area contributed by atoms with Gasteiger partial charge in [0.15, 0.2) is 0 Å². The van der Waals surface area contributed by atoms with Crippen molar-refractivity contribution >= 4 is 54.4 Å². The molecule has 10 aromatic carbocycles. The SMILES string of the molecule is c1ccc(-c2ccc3c(c2)c2cc(-c4ccc5c(c4)c4ccccc4n5-c4cccc(-c5ccc6c7c(cccc57)-c5ccccc5-6)c4)ccc2n3-c2ccccc2)cc1. The van der Waals surface area contributed by atoms with Crippen molar-refractivity contribution < 1.29 is 0 Å². The Morgan fingerprint density at radius 1 is 0.217 bits per heavy atom. The van der Waals surface area contributed by atoms with E-state index in [9.17, 15) is 0 Å². The molecule has 0 bridgehead atoms. The van der Waals surface area contributed by atoms with Crippen LogP contribution in [0.1, 0.15) is 0 Å². The highest BCUT2D eigenvalue weighted by Crippen LogP contribution is 2.49. The van der Waals surface area contributed by atoms with E-state index in [1.807, 2.05) is 0 Å². The number of benzene rings is 10. The number of para-hydroxylation sites is 2. The van der Waals surface area contributed by atoms with Crippen LogP contribution in [0, 0.1) is 0 Å². The van der Waals surface area contributed by atoms with E-state index >= 15 is 0 Å². The number of nitrogens with zero attached hydrogens (tertiary/aromatic N) is 2. The zero-order valence-corrected chi connectivity index (χ0v) is 32.7. The standard InChI is InChI=1S/C58H36N2/c1-3-13-37(14-4-1)38-25-30-56-52(34-38)53-36-40(27-32-57(53)59(56)42-16-5-2-6-17-42)39-26-31-55-51(35-39)47-21-9-10-24-54(47)60(55)43-18-11-15-41(33-43)44-28-29-50-46-20-8-7-19-45(46)49-23-12-22-48(44)58(49)50/h1-36H. The van der Waals surface area contributed by atoms with Crippen LogP contribution in [0.15, 0.2) is 218 Å². The molecule has 12 aromatic rings. The molecule has 0 saturated heterocycles. The fraction of sp³-hybridized carbons (Fsp3) is 0. The Kier molecular flexibility index (Phi) is 7.05. The Labute approximate surface area is 347 Å². The van der Waals surface area contributed by atoms with Gasteiger partial charge in [0, 0.05) is 32.9 Å². The highest BCUT2D eigenvalue weighted by Gasteiger charge is 2.23. The molecule has 0 spiro atoms. The Hall–Kier alpha value is -7.94. The van der Waals surface area contributed by atoms with Crippen molar-refractivity contribution in [1.82, 2.24) is 9.13 Å². The molecule has 1 aliphatic rings. The van der Waals surface area contributed by atoms with Gasteiger partial charge in [-0.05, 0) is 133 Å². The van der Waals surface area contributed by atoms with Gasteiger partial charge in [-0.3, -0.25) is 0 Å². The minimum absolute atomic E-state index is 1.15. The second-order valence-corrected chi connectivity index (χ2v) is 16.1. The van der Waals surface area contributed by atoms with Gasteiger partial charge in [0.05, 0.1) is 22.1 Å². The predicted octanol–water partition coefficient (Wildman–Crippen LogP) is 15.7. The van der Waals surface area contributed by atoms with Crippen LogP contribution in [0.4, 0.5) is 0 Å². The van der Waals surface area contributed by atoms with E-state index in [-0.39, 0.29) is 0 Å². The summed E-state index contributed by atoms with van der Waals surface area (Å²) in [5, 5.41) is 7.64. The van der Waals surface area contributed by atoms with Crippen LogP contribution in [0.5, 0.6) is 0 Å². The molecule has 0 fully saturated rings. The average Bonchev–Trinajstić information content (AvgIpc) is 3.95. The molecular formula is C58H36N2. The number of hydrogen-bond donors (Lipinski definition) is 0. The van der Waals surface area contributed by atoms with Crippen LogP contribution < -0.4 is 0 Å². The summed E-state index contributed by atoms with van der Waals surface area (Å²) in [6.45, 7) is 0. The maximum atomic E-state index is 2.44. The van der Waals surface area contributed by atoms with Crippen molar-refractivity contribution in [1.29, 1.82) is 0 Å². The summed E-state index contributed by atoms with van der Waals surface area (Å²) in [6, 6.07) is 80.4. The first-order chi connectivity index (χ1) is 29.8. The molecule has 0 N–H and O–H groups in total. The molecule has 2 heterocycles. The highest BCUT2D eigenvalue weighted by molar-refractivity contribution is 6.19. The lowest BCUT2D eigenvalue weighted by molar-refractivity contribution is 1.18. The van der Waals surface area contributed by atoms with E-state index in [0.717, 1.165) is 11.4 Å². The summed E-state index contributed by atoms with van der Waals surface area (Å²) in [6.07, 6.45) is 0. The second-order valence-electron chi connectivity index (χ2n) is 16.1. The Bertz CT molecular complexity index is 3670. The van der Waals surface area contributed by atoms with Crippen molar-refractivity contribution in [3.8, 4) is 67.0 Å². The summed E-state index contributed by atoms with van der Waals surface area (Å²) < 4.78 is 4.84. The van der Waals surface area contributed by atoms with Crippen LogP contribution in [0.25, 0.3) is 121 Å². The minimum atomic E-state index is 1.15. The number of fused-ring (bicyclic) bond motifs is 9. The van der Waals surface area contributed by atoms with Crippen molar-refractivity contribution in [2.75, 3.05) is 0 Å². The number of rotatable bonds is 5. The molecule has 0 saturated carbocycles. The molecular weight excluding hydrogens is 725 g/mol. The van der Waals surface area contributed by atoms with Gasteiger partial charge in [0.2, 0.25) is 0 Å². The van der Waals surface area contributed by atoms with Gasteiger partial charge in [0.25, 0.3) is 0 Å². The van der Waals surface area contributed by atoms with Crippen LogP contribution >= 0.6 is 0 Å². The fourth-order valence-corrected chi connectivity index (χ4v) is 10.2. The van der Waals surface area contributed by atoms with Gasteiger partial charge in [-0.25, -0.2) is 0 Å². The average molecular weight is 761 g/mol. The minimum Gasteiger partial charge on any atom is -0.309 e. The normalized spacial score (nSPS) is 12.0. The van der Waals surface area contributed by atoms with Crippen LogP contribution in [0.3, 0.4) is 0 Å². The molecule has 60 heavy (non-hydrogen) atoms. The maximum Gasteiger partial charge on any atom is 0.0541 e. The molecule has 2 heteroatoms.